The topological polar surface area (TPSA) is 78.2 Å². The van der Waals surface area contributed by atoms with Crippen LogP contribution in [0, 0.1) is 5.82 Å². The van der Waals surface area contributed by atoms with Crippen molar-refractivity contribution < 1.29 is 27.8 Å². The predicted octanol–water partition coefficient (Wildman–Crippen LogP) is 4.82. The second-order valence-electron chi connectivity index (χ2n) is 10.1. The number of carboxylic acids is 1. The number of aromatic carboxylic acids is 1. The van der Waals surface area contributed by atoms with Crippen molar-refractivity contribution in [3.8, 4) is 11.4 Å². The van der Waals surface area contributed by atoms with Crippen molar-refractivity contribution in [1.82, 2.24) is 9.47 Å². The molecule has 0 bridgehead atoms. The number of fused-ring (bicyclic) bond motifs is 1. The number of hydrogen-bond donors (Lipinski definition) is 1. The molecule has 1 N–H and O–H groups in total. The molecule has 1 aliphatic heterocycles. The molecule has 3 aromatic carbocycles. The fourth-order valence-corrected chi connectivity index (χ4v) is 5.22. The van der Waals surface area contributed by atoms with E-state index in [9.17, 15) is 23.5 Å². The predicted molar refractivity (Wildman–Crippen MR) is 151 cm³/mol. The highest BCUT2D eigenvalue weighted by Gasteiger charge is 2.30. The van der Waals surface area contributed by atoms with Crippen LogP contribution in [-0.4, -0.2) is 67.4 Å². The molecule has 8 nitrogen and oxygen atoms in total. The molecule has 1 fully saturated rings. The third-order valence-electron chi connectivity index (χ3n) is 7.04. The monoisotopic (exact) mass is 566 g/mol. The number of ether oxygens (including phenoxy) is 1. The lowest BCUT2D eigenvalue weighted by Gasteiger charge is -2.38. The van der Waals surface area contributed by atoms with E-state index in [0.29, 0.717) is 38.4 Å². The third kappa shape index (κ3) is 5.71. The molecular formula is C30H29F3N4O4. The van der Waals surface area contributed by atoms with Gasteiger partial charge >= 0.3 is 12.6 Å². The lowest BCUT2D eigenvalue weighted by atomic mass is 10.1. The fraction of sp³-hybridized carbons (Fsp3) is 0.267. The minimum Gasteiger partial charge on any atom is -0.477 e. The first-order valence-corrected chi connectivity index (χ1v) is 13.0. The zero-order valence-electron chi connectivity index (χ0n) is 22.6. The average Bonchev–Trinajstić information content (AvgIpc) is 2.94. The van der Waals surface area contributed by atoms with E-state index in [-0.39, 0.29) is 16.6 Å². The summed E-state index contributed by atoms with van der Waals surface area (Å²) in [6, 6.07) is 17.5. The van der Waals surface area contributed by atoms with Crippen LogP contribution in [0.5, 0.6) is 5.75 Å². The van der Waals surface area contributed by atoms with E-state index in [0.717, 1.165) is 23.5 Å². The summed E-state index contributed by atoms with van der Waals surface area (Å²) in [5.41, 5.74) is 0.379. The molecule has 5 rings (SSSR count). The number of nitrogens with zero attached hydrogens (tertiary/aromatic N) is 4. The van der Waals surface area contributed by atoms with Gasteiger partial charge in [0.2, 0.25) is 5.43 Å². The van der Waals surface area contributed by atoms with Gasteiger partial charge in [0.15, 0.2) is 11.6 Å². The van der Waals surface area contributed by atoms with Gasteiger partial charge < -0.3 is 29.1 Å². The Bertz CT molecular complexity index is 1620. The second kappa shape index (κ2) is 11.5. The van der Waals surface area contributed by atoms with Crippen LogP contribution >= 0.6 is 0 Å². The van der Waals surface area contributed by atoms with Gasteiger partial charge in [0.1, 0.15) is 16.8 Å². The summed E-state index contributed by atoms with van der Waals surface area (Å²) < 4.78 is 49.8. The highest BCUT2D eigenvalue weighted by molar-refractivity contribution is 5.98. The summed E-state index contributed by atoms with van der Waals surface area (Å²) in [5, 5.41) is 9.35. The molecule has 214 valence electrons. The first kappa shape index (κ1) is 28.0. The number of halogens is 3. The van der Waals surface area contributed by atoms with Crippen molar-refractivity contribution in [1.29, 1.82) is 0 Å². The van der Waals surface area contributed by atoms with Crippen molar-refractivity contribution >= 4 is 28.2 Å². The number of piperazine rings is 1. The Kier molecular flexibility index (Phi) is 7.89. The smallest absolute Gasteiger partial charge is 0.387 e. The molecule has 41 heavy (non-hydrogen) atoms. The van der Waals surface area contributed by atoms with Crippen molar-refractivity contribution in [3.05, 3.63) is 94.0 Å². The van der Waals surface area contributed by atoms with E-state index >= 15 is 4.39 Å². The van der Waals surface area contributed by atoms with Gasteiger partial charge in [0, 0.05) is 50.3 Å². The molecule has 1 aliphatic rings. The highest BCUT2D eigenvalue weighted by atomic mass is 19.3. The highest BCUT2D eigenvalue weighted by Crippen LogP contribution is 2.41. The SMILES string of the molecule is CN(C)Cc1ccc(-n2cc(C(=O)O)c(=O)c3cc(F)c(N4CCN(c5ccccc5)CC4)c(OC(F)F)c32)cc1. The Morgan fingerprint density at radius 1 is 0.976 bits per heavy atom. The standard InChI is InChI=1S/C30H29F3N4O4/c1-34(2)17-19-8-10-21(11-9-19)37-18-23(29(39)40)27(38)22-16-24(31)26(28(25(22)37)41-30(32)33)36-14-12-35(13-15-36)20-6-4-3-5-7-20/h3-11,16,18,30H,12-15,17H2,1-2H3,(H,39,40). The van der Waals surface area contributed by atoms with E-state index in [1.54, 1.807) is 29.2 Å². The first-order chi connectivity index (χ1) is 19.6. The van der Waals surface area contributed by atoms with Gasteiger partial charge in [0.25, 0.3) is 0 Å². The number of carbonyl (C=O) groups is 1. The van der Waals surface area contributed by atoms with E-state index in [1.165, 1.54) is 4.57 Å². The van der Waals surface area contributed by atoms with Crippen LogP contribution in [0.1, 0.15) is 15.9 Å². The number of aromatic nitrogens is 1. The van der Waals surface area contributed by atoms with Crippen LogP contribution < -0.4 is 20.0 Å². The molecule has 0 spiro atoms. The molecule has 0 atom stereocenters. The van der Waals surface area contributed by atoms with E-state index in [1.807, 2.05) is 49.3 Å². The van der Waals surface area contributed by atoms with Crippen LogP contribution in [0.25, 0.3) is 16.6 Å². The van der Waals surface area contributed by atoms with Crippen molar-refractivity contribution in [2.45, 2.75) is 13.2 Å². The molecule has 0 unspecified atom stereocenters. The molecule has 4 aromatic rings. The van der Waals surface area contributed by atoms with Gasteiger partial charge in [-0.05, 0) is 50.0 Å². The van der Waals surface area contributed by atoms with Gasteiger partial charge in [-0.15, -0.1) is 0 Å². The number of carboxylic acid groups (broad SMARTS) is 1. The molecule has 0 amide bonds. The maximum Gasteiger partial charge on any atom is 0.387 e. The summed E-state index contributed by atoms with van der Waals surface area (Å²) in [5.74, 6) is -2.99. The number of para-hydroxylation sites is 1. The Balaban J connectivity index is 1.68. The number of anilines is 2. The normalized spacial score (nSPS) is 13.8. The van der Waals surface area contributed by atoms with Gasteiger partial charge in [-0.25, -0.2) is 9.18 Å². The average molecular weight is 567 g/mol. The maximum absolute atomic E-state index is 15.8. The number of benzene rings is 3. The number of rotatable bonds is 8. The minimum absolute atomic E-state index is 0.137. The molecular weight excluding hydrogens is 537 g/mol. The summed E-state index contributed by atoms with van der Waals surface area (Å²) in [7, 11) is 3.82. The fourth-order valence-electron chi connectivity index (χ4n) is 5.22. The minimum atomic E-state index is -3.32. The molecule has 0 saturated carbocycles. The molecule has 2 heterocycles. The Labute approximate surface area is 234 Å². The maximum atomic E-state index is 15.8. The largest absolute Gasteiger partial charge is 0.477 e. The summed E-state index contributed by atoms with van der Waals surface area (Å²) >= 11 is 0. The van der Waals surface area contributed by atoms with Crippen LogP contribution in [0.2, 0.25) is 0 Å². The van der Waals surface area contributed by atoms with Crippen LogP contribution in [-0.2, 0) is 6.54 Å². The number of pyridine rings is 1. The number of alkyl halides is 2. The van der Waals surface area contributed by atoms with E-state index in [4.69, 9.17) is 4.74 Å². The van der Waals surface area contributed by atoms with Gasteiger partial charge in [0.05, 0.1) is 5.39 Å². The zero-order valence-corrected chi connectivity index (χ0v) is 22.6. The molecule has 0 aliphatic carbocycles. The lowest BCUT2D eigenvalue weighted by Crippen LogP contribution is -2.47. The molecule has 0 radical (unpaired) electrons. The van der Waals surface area contributed by atoms with E-state index < -0.39 is 35.1 Å². The third-order valence-corrected chi connectivity index (χ3v) is 7.04. The van der Waals surface area contributed by atoms with Crippen LogP contribution in [0.3, 0.4) is 0 Å². The van der Waals surface area contributed by atoms with Crippen molar-refractivity contribution in [3.63, 3.8) is 0 Å². The van der Waals surface area contributed by atoms with Gasteiger partial charge in [-0.3, -0.25) is 4.79 Å². The Morgan fingerprint density at radius 2 is 1.61 bits per heavy atom. The zero-order chi connectivity index (χ0) is 29.3. The first-order valence-electron chi connectivity index (χ1n) is 13.0. The summed E-state index contributed by atoms with van der Waals surface area (Å²) in [6.45, 7) is -1.10. The van der Waals surface area contributed by atoms with Gasteiger partial charge in [-0.1, -0.05) is 30.3 Å². The summed E-state index contributed by atoms with van der Waals surface area (Å²) in [4.78, 5) is 30.8. The molecule has 1 aromatic heterocycles. The van der Waals surface area contributed by atoms with E-state index in [2.05, 4.69) is 4.90 Å². The molecule has 11 heteroatoms. The lowest BCUT2D eigenvalue weighted by molar-refractivity contribution is -0.0488. The Hall–Kier alpha value is -4.51. The van der Waals surface area contributed by atoms with Crippen LogP contribution in [0.15, 0.2) is 71.7 Å². The van der Waals surface area contributed by atoms with Gasteiger partial charge in [-0.2, -0.15) is 8.78 Å². The Morgan fingerprint density at radius 3 is 2.20 bits per heavy atom. The quantitative estimate of drug-likeness (QED) is 0.328. The molecule has 1 saturated heterocycles. The number of hydrogen-bond acceptors (Lipinski definition) is 6. The summed E-state index contributed by atoms with van der Waals surface area (Å²) in [6.07, 6.45) is 1.07. The van der Waals surface area contributed by atoms with Crippen molar-refractivity contribution in [2.75, 3.05) is 50.1 Å². The van der Waals surface area contributed by atoms with Crippen LogP contribution in [0.4, 0.5) is 24.5 Å². The van der Waals surface area contributed by atoms with Crippen molar-refractivity contribution in [2.24, 2.45) is 0 Å². The second-order valence-corrected chi connectivity index (χ2v) is 10.1.